The second-order valence-electron chi connectivity index (χ2n) is 9.11. The van der Waals surface area contributed by atoms with E-state index in [2.05, 4.69) is 27.1 Å². The van der Waals surface area contributed by atoms with Crippen LogP contribution in [0.4, 0.5) is 15.9 Å². The summed E-state index contributed by atoms with van der Waals surface area (Å²) in [6.07, 6.45) is 4.20. The van der Waals surface area contributed by atoms with Crippen molar-refractivity contribution < 1.29 is 19.0 Å². The zero-order valence-corrected chi connectivity index (χ0v) is 19.8. The number of halogens is 1. The molecule has 172 valence electrons. The van der Waals surface area contributed by atoms with Gasteiger partial charge in [0.05, 0.1) is 16.8 Å². The minimum Gasteiger partial charge on any atom is -0.477 e. The number of carboxylic acid groups (broad SMARTS) is 1. The summed E-state index contributed by atoms with van der Waals surface area (Å²) in [5.41, 5.74) is 0.462. The lowest BCUT2D eigenvalue weighted by atomic mass is 9.93. The Morgan fingerprint density at radius 2 is 2.00 bits per heavy atom. The van der Waals surface area contributed by atoms with E-state index >= 15 is 0 Å². The molecule has 0 bridgehead atoms. The lowest BCUT2D eigenvalue weighted by molar-refractivity contribution is 0.0703. The molecule has 32 heavy (non-hydrogen) atoms. The Labute approximate surface area is 192 Å². The van der Waals surface area contributed by atoms with Gasteiger partial charge < -0.3 is 20.1 Å². The van der Waals surface area contributed by atoms with Crippen LogP contribution >= 0.6 is 11.3 Å². The van der Waals surface area contributed by atoms with Gasteiger partial charge in [-0.25, -0.2) is 14.2 Å². The van der Waals surface area contributed by atoms with Crippen molar-refractivity contribution in [3.8, 4) is 17.9 Å². The Kier molecular flexibility index (Phi) is 7.24. The predicted molar refractivity (Wildman–Crippen MR) is 124 cm³/mol. The number of carboxylic acids is 1. The molecule has 0 radical (unpaired) electrons. The zero-order valence-electron chi connectivity index (χ0n) is 19.0. The summed E-state index contributed by atoms with van der Waals surface area (Å²) >= 11 is 1.19. The van der Waals surface area contributed by atoms with Gasteiger partial charge in [0.2, 0.25) is 0 Å². The maximum Gasteiger partial charge on any atom is 0.348 e. The number of rotatable bonds is 6. The van der Waals surface area contributed by atoms with Gasteiger partial charge in [-0.3, -0.25) is 0 Å². The molecular weight excluding hydrogens is 431 g/mol. The average molecular weight is 461 g/mol. The summed E-state index contributed by atoms with van der Waals surface area (Å²) < 4.78 is 19.7. The normalized spacial score (nSPS) is 18.4. The third-order valence-corrected chi connectivity index (χ3v) is 5.96. The van der Waals surface area contributed by atoms with Crippen LogP contribution in [0.5, 0.6) is 6.01 Å². The molecule has 3 rings (SSSR count). The zero-order chi connectivity index (χ0) is 23.5. The Morgan fingerprint density at radius 3 is 2.59 bits per heavy atom. The van der Waals surface area contributed by atoms with Crippen molar-refractivity contribution in [2.24, 2.45) is 5.41 Å². The van der Waals surface area contributed by atoms with E-state index in [1.807, 2.05) is 26.8 Å². The molecule has 0 spiro atoms. The number of aromatic carboxylic acids is 1. The van der Waals surface area contributed by atoms with Crippen LogP contribution in [-0.2, 0) is 0 Å². The van der Waals surface area contributed by atoms with E-state index in [4.69, 9.17) is 4.74 Å². The molecule has 0 amide bonds. The van der Waals surface area contributed by atoms with Gasteiger partial charge in [0, 0.05) is 25.6 Å². The van der Waals surface area contributed by atoms with E-state index in [1.54, 1.807) is 19.0 Å². The minimum atomic E-state index is -0.955. The fraction of sp³-hybridized carbons (Fsp3) is 0.522. The number of hydrogen-bond donors (Lipinski definition) is 2. The van der Waals surface area contributed by atoms with Crippen molar-refractivity contribution in [2.75, 3.05) is 24.3 Å². The largest absolute Gasteiger partial charge is 0.477 e. The molecule has 0 aliphatic heterocycles. The highest BCUT2D eigenvalue weighted by atomic mass is 32.1. The van der Waals surface area contributed by atoms with E-state index in [0.29, 0.717) is 5.69 Å². The summed E-state index contributed by atoms with van der Waals surface area (Å²) in [6.45, 7) is 6.05. The maximum absolute atomic E-state index is 13.8. The summed E-state index contributed by atoms with van der Waals surface area (Å²) in [7, 11) is 3.42. The molecule has 2 N–H and O–H groups in total. The first-order valence-electron chi connectivity index (χ1n) is 10.5. The van der Waals surface area contributed by atoms with Crippen molar-refractivity contribution in [3.63, 3.8) is 0 Å². The van der Waals surface area contributed by atoms with Crippen molar-refractivity contribution in [3.05, 3.63) is 27.8 Å². The smallest absolute Gasteiger partial charge is 0.348 e. The Morgan fingerprint density at radius 1 is 1.31 bits per heavy atom. The van der Waals surface area contributed by atoms with Gasteiger partial charge in [-0.2, -0.15) is 4.98 Å². The summed E-state index contributed by atoms with van der Waals surface area (Å²) in [4.78, 5) is 22.4. The van der Waals surface area contributed by atoms with E-state index in [0.717, 1.165) is 36.8 Å². The number of nitrogens with one attached hydrogen (secondary N) is 1. The van der Waals surface area contributed by atoms with Crippen LogP contribution in [0.15, 0.2) is 12.3 Å². The second kappa shape index (κ2) is 9.74. The second-order valence-corrected chi connectivity index (χ2v) is 10.2. The topological polar surface area (TPSA) is 87.6 Å². The highest BCUT2D eigenvalue weighted by Crippen LogP contribution is 2.31. The van der Waals surface area contributed by atoms with Crippen LogP contribution in [0.3, 0.4) is 0 Å². The number of thiophene rings is 1. The fourth-order valence-electron chi connectivity index (χ4n) is 3.37. The van der Waals surface area contributed by atoms with Gasteiger partial charge in [0.15, 0.2) is 11.6 Å². The van der Waals surface area contributed by atoms with Crippen molar-refractivity contribution in [1.29, 1.82) is 0 Å². The highest BCUT2D eigenvalue weighted by Gasteiger charge is 2.25. The van der Waals surface area contributed by atoms with Crippen LogP contribution < -0.4 is 15.0 Å². The molecule has 2 heterocycles. The van der Waals surface area contributed by atoms with Gasteiger partial charge in [0.25, 0.3) is 0 Å². The Bertz CT molecular complexity index is 1030. The predicted octanol–water partition coefficient (Wildman–Crippen LogP) is 4.64. The SMILES string of the molecule is CN(C)c1nc(O[C@H]2CC[C@H](Nc3cc(C#CC(C)(C)C)sc3C(=O)O)CC2)ncc1F. The van der Waals surface area contributed by atoms with Crippen molar-refractivity contribution in [1.82, 2.24) is 9.97 Å². The van der Waals surface area contributed by atoms with E-state index in [-0.39, 0.29) is 34.3 Å². The van der Waals surface area contributed by atoms with Gasteiger partial charge >= 0.3 is 12.0 Å². The van der Waals surface area contributed by atoms with Gasteiger partial charge in [-0.15, -0.1) is 11.3 Å². The van der Waals surface area contributed by atoms with Crippen LogP contribution in [0.2, 0.25) is 0 Å². The monoisotopic (exact) mass is 460 g/mol. The first kappa shape index (κ1) is 23.8. The number of hydrogen-bond acceptors (Lipinski definition) is 7. The molecule has 2 aromatic rings. The van der Waals surface area contributed by atoms with E-state index in [1.165, 1.54) is 11.3 Å². The first-order valence-corrected chi connectivity index (χ1v) is 11.4. The molecule has 7 nitrogen and oxygen atoms in total. The standard InChI is InChI=1S/C23H29FN4O3S/c1-23(2,3)11-10-16-12-18(19(32-16)21(29)30)26-14-6-8-15(9-7-14)31-22-25-13-17(24)20(27-22)28(4)5/h12-15,26H,6-9H2,1-5H3,(H,29,30)/t14-,15-. The number of anilines is 2. The molecule has 0 atom stereocenters. The molecule has 1 fully saturated rings. The molecule has 0 aromatic carbocycles. The van der Waals surface area contributed by atoms with Gasteiger partial charge in [-0.05, 0) is 52.5 Å². The van der Waals surface area contributed by atoms with Crippen LogP contribution in [0, 0.1) is 23.1 Å². The molecule has 1 aliphatic rings. The first-order chi connectivity index (χ1) is 15.0. The van der Waals surface area contributed by atoms with Crippen LogP contribution in [0.1, 0.15) is 61.0 Å². The molecule has 0 unspecified atom stereocenters. The third-order valence-electron chi connectivity index (χ3n) is 4.92. The molecule has 2 aromatic heterocycles. The summed E-state index contributed by atoms with van der Waals surface area (Å²) in [5, 5.41) is 13.0. The molecule has 9 heteroatoms. The van der Waals surface area contributed by atoms with Crippen molar-refractivity contribution >= 4 is 28.8 Å². The average Bonchev–Trinajstić information content (AvgIpc) is 3.12. The third kappa shape index (κ3) is 6.33. The van der Waals surface area contributed by atoms with E-state index in [9.17, 15) is 14.3 Å². The quantitative estimate of drug-likeness (QED) is 0.607. The summed E-state index contributed by atoms with van der Waals surface area (Å²) in [6, 6.07) is 2.13. The number of nitrogens with zero attached hydrogens (tertiary/aromatic N) is 3. The molecule has 1 saturated carbocycles. The molecule has 1 aliphatic carbocycles. The van der Waals surface area contributed by atoms with Crippen LogP contribution in [0.25, 0.3) is 0 Å². The summed E-state index contributed by atoms with van der Waals surface area (Å²) in [5.74, 6) is 4.98. The van der Waals surface area contributed by atoms with Gasteiger partial charge in [-0.1, -0.05) is 11.8 Å². The fourth-order valence-corrected chi connectivity index (χ4v) is 4.19. The maximum atomic E-state index is 13.8. The lowest BCUT2D eigenvalue weighted by Crippen LogP contribution is -2.32. The number of carbonyl (C=O) groups is 1. The molecule has 0 saturated heterocycles. The lowest BCUT2D eigenvalue weighted by Gasteiger charge is -2.29. The molecular formula is C23H29FN4O3S. The van der Waals surface area contributed by atoms with E-state index < -0.39 is 11.8 Å². The Hall–Kier alpha value is -2.86. The minimum absolute atomic E-state index is 0.0665. The highest BCUT2D eigenvalue weighted by molar-refractivity contribution is 7.15. The van der Waals surface area contributed by atoms with Crippen molar-refractivity contribution in [2.45, 2.75) is 58.6 Å². The van der Waals surface area contributed by atoms with Crippen LogP contribution in [-0.4, -0.2) is 47.3 Å². The Balaban J connectivity index is 1.61. The number of ether oxygens (including phenoxy) is 1. The van der Waals surface area contributed by atoms with Gasteiger partial charge in [0.1, 0.15) is 11.0 Å². The number of aromatic nitrogens is 2.